The van der Waals surface area contributed by atoms with Crippen molar-refractivity contribution in [2.24, 2.45) is 0 Å². The molecule has 7 heteroatoms. The molecule has 0 saturated carbocycles. The van der Waals surface area contributed by atoms with Gasteiger partial charge in [-0.1, -0.05) is 0 Å². The van der Waals surface area contributed by atoms with Gasteiger partial charge < -0.3 is 15.4 Å². The van der Waals surface area contributed by atoms with Crippen LogP contribution < -0.4 is 5.73 Å². The average molecular weight is 288 g/mol. The van der Waals surface area contributed by atoms with Crippen molar-refractivity contribution in [3.8, 4) is 0 Å². The van der Waals surface area contributed by atoms with E-state index in [1.807, 2.05) is 0 Å². The molecule has 2 rings (SSSR count). The molecule has 1 aliphatic heterocycles. The number of carbonyl (C=O) groups is 1. The second-order valence-corrected chi connectivity index (χ2v) is 4.70. The topological polar surface area (TPSA) is 55.6 Å². The average Bonchev–Trinajstić information content (AvgIpc) is 2.85. The van der Waals surface area contributed by atoms with Gasteiger partial charge in [0.15, 0.2) is 0 Å². The Morgan fingerprint density at radius 2 is 2.15 bits per heavy atom. The van der Waals surface area contributed by atoms with Crippen LogP contribution in [-0.4, -0.2) is 37.1 Å². The first-order valence-electron chi connectivity index (χ1n) is 6.11. The fourth-order valence-corrected chi connectivity index (χ4v) is 2.24. The van der Waals surface area contributed by atoms with E-state index in [0.29, 0.717) is 13.1 Å². The minimum atomic E-state index is -4.51. The van der Waals surface area contributed by atoms with Crippen molar-refractivity contribution in [1.82, 2.24) is 4.90 Å². The summed E-state index contributed by atoms with van der Waals surface area (Å²) in [5, 5.41) is 0. The van der Waals surface area contributed by atoms with Gasteiger partial charge in [0, 0.05) is 31.5 Å². The summed E-state index contributed by atoms with van der Waals surface area (Å²) in [5.74, 6) is -0.329. The second-order valence-electron chi connectivity index (χ2n) is 4.70. The summed E-state index contributed by atoms with van der Waals surface area (Å²) in [5.41, 5.74) is 4.18. The smallest absolute Gasteiger partial charge is 0.398 e. The number of methoxy groups -OCH3 is 1. The molecule has 1 atom stereocenters. The first-order valence-corrected chi connectivity index (χ1v) is 6.11. The SMILES string of the molecule is CO[C@@H]1CCN(C(=O)c2ccc(C(F)(F)F)c(N)c2)C1. The minimum absolute atomic E-state index is 0.0225. The monoisotopic (exact) mass is 288 g/mol. The Morgan fingerprint density at radius 1 is 1.45 bits per heavy atom. The van der Waals surface area contributed by atoms with Gasteiger partial charge in [0.25, 0.3) is 5.91 Å². The highest BCUT2D eigenvalue weighted by atomic mass is 19.4. The Hall–Kier alpha value is -1.76. The highest BCUT2D eigenvalue weighted by Gasteiger charge is 2.34. The van der Waals surface area contributed by atoms with Crippen LogP contribution in [0.3, 0.4) is 0 Å². The number of amides is 1. The molecule has 0 aromatic heterocycles. The van der Waals surface area contributed by atoms with Gasteiger partial charge in [-0.3, -0.25) is 4.79 Å². The zero-order chi connectivity index (χ0) is 14.9. The van der Waals surface area contributed by atoms with E-state index in [-0.39, 0.29) is 17.6 Å². The van der Waals surface area contributed by atoms with Crippen LogP contribution in [0.15, 0.2) is 18.2 Å². The van der Waals surface area contributed by atoms with Gasteiger partial charge in [-0.2, -0.15) is 13.2 Å². The van der Waals surface area contributed by atoms with Crippen molar-refractivity contribution in [3.63, 3.8) is 0 Å². The fraction of sp³-hybridized carbons (Fsp3) is 0.462. The van der Waals surface area contributed by atoms with E-state index < -0.39 is 17.4 Å². The molecule has 2 N–H and O–H groups in total. The Morgan fingerprint density at radius 3 is 2.65 bits per heavy atom. The molecule has 1 fully saturated rings. The molecule has 4 nitrogen and oxygen atoms in total. The summed E-state index contributed by atoms with van der Waals surface area (Å²) in [6, 6.07) is 3.07. The third kappa shape index (κ3) is 2.87. The van der Waals surface area contributed by atoms with Crippen LogP contribution in [0.25, 0.3) is 0 Å². The molecular formula is C13H15F3N2O2. The number of hydrogen-bond donors (Lipinski definition) is 1. The molecule has 0 bridgehead atoms. The Bertz CT molecular complexity index is 517. The van der Waals surface area contributed by atoms with E-state index in [1.54, 1.807) is 12.0 Å². The minimum Gasteiger partial charge on any atom is -0.398 e. The first kappa shape index (κ1) is 14.6. The van der Waals surface area contributed by atoms with Gasteiger partial charge in [0.1, 0.15) is 0 Å². The number of benzene rings is 1. The number of hydrogen-bond acceptors (Lipinski definition) is 3. The van der Waals surface area contributed by atoms with Crippen LogP contribution in [0.5, 0.6) is 0 Å². The fourth-order valence-electron chi connectivity index (χ4n) is 2.24. The highest BCUT2D eigenvalue weighted by Crippen LogP contribution is 2.34. The summed E-state index contributed by atoms with van der Waals surface area (Å²) >= 11 is 0. The molecule has 20 heavy (non-hydrogen) atoms. The third-order valence-electron chi connectivity index (χ3n) is 3.37. The lowest BCUT2D eigenvalue weighted by Crippen LogP contribution is -2.30. The molecule has 110 valence electrons. The number of carbonyl (C=O) groups excluding carboxylic acids is 1. The van der Waals surface area contributed by atoms with Gasteiger partial charge in [-0.05, 0) is 24.6 Å². The summed E-state index contributed by atoms with van der Waals surface area (Å²) < 4.78 is 42.9. The molecule has 0 aliphatic carbocycles. The zero-order valence-electron chi connectivity index (χ0n) is 10.9. The van der Waals surface area contributed by atoms with E-state index in [2.05, 4.69) is 0 Å². The number of nitrogens with zero attached hydrogens (tertiary/aromatic N) is 1. The van der Waals surface area contributed by atoms with Crippen molar-refractivity contribution < 1.29 is 22.7 Å². The number of ether oxygens (including phenoxy) is 1. The highest BCUT2D eigenvalue weighted by molar-refractivity contribution is 5.95. The zero-order valence-corrected chi connectivity index (χ0v) is 10.9. The van der Waals surface area contributed by atoms with Gasteiger partial charge >= 0.3 is 6.18 Å². The van der Waals surface area contributed by atoms with E-state index in [1.165, 1.54) is 0 Å². The molecule has 1 aromatic carbocycles. The van der Waals surface area contributed by atoms with E-state index >= 15 is 0 Å². The van der Waals surface area contributed by atoms with Gasteiger partial charge in [-0.25, -0.2) is 0 Å². The maximum atomic E-state index is 12.6. The molecule has 1 aromatic rings. The summed E-state index contributed by atoms with van der Waals surface area (Å²) in [6.07, 6.45) is -3.82. The van der Waals surface area contributed by atoms with Crippen LogP contribution in [0.4, 0.5) is 18.9 Å². The molecular weight excluding hydrogens is 273 g/mol. The van der Waals surface area contributed by atoms with Crippen molar-refractivity contribution in [2.45, 2.75) is 18.7 Å². The van der Waals surface area contributed by atoms with Gasteiger partial charge in [-0.15, -0.1) is 0 Å². The summed E-state index contributed by atoms with van der Waals surface area (Å²) in [4.78, 5) is 13.7. The molecule has 1 aliphatic rings. The number of likely N-dealkylation sites (tertiary alicyclic amines) is 1. The van der Waals surface area contributed by atoms with Gasteiger partial charge in [0.05, 0.1) is 11.7 Å². The van der Waals surface area contributed by atoms with Crippen molar-refractivity contribution in [2.75, 3.05) is 25.9 Å². The lowest BCUT2D eigenvalue weighted by Gasteiger charge is -2.17. The van der Waals surface area contributed by atoms with E-state index in [4.69, 9.17) is 10.5 Å². The van der Waals surface area contributed by atoms with Crippen LogP contribution >= 0.6 is 0 Å². The van der Waals surface area contributed by atoms with Gasteiger partial charge in [0.2, 0.25) is 0 Å². The third-order valence-corrected chi connectivity index (χ3v) is 3.37. The molecule has 0 radical (unpaired) electrons. The maximum absolute atomic E-state index is 12.6. The van der Waals surface area contributed by atoms with Crippen molar-refractivity contribution in [1.29, 1.82) is 0 Å². The van der Waals surface area contributed by atoms with Crippen LogP contribution in [0.1, 0.15) is 22.3 Å². The van der Waals surface area contributed by atoms with Crippen molar-refractivity contribution >= 4 is 11.6 Å². The van der Waals surface area contributed by atoms with Crippen molar-refractivity contribution in [3.05, 3.63) is 29.3 Å². The first-order chi connectivity index (χ1) is 9.32. The van der Waals surface area contributed by atoms with Crippen LogP contribution in [0.2, 0.25) is 0 Å². The predicted octanol–water partition coefficient (Wildman–Crippen LogP) is 2.15. The Labute approximate surface area is 114 Å². The Kier molecular flexibility index (Phi) is 3.89. The quantitative estimate of drug-likeness (QED) is 0.848. The van der Waals surface area contributed by atoms with Crippen LogP contribution in [-0.2, 0) is 10.9 Å². The number of nitrogens with two attached hydrogens (primary N) is 1. The molecule has 0 spiro atoms. The predicted molar refractivity (Wildman–Crippen MR) is 67.2 cm³/mol. The molecule has 1 amide bonds. The normalized spacial score (nSPS) is 19.4. The number of anilines is 1. The largest absolute Gasteiger partial charge is 0.418 e. The summed E-state index contributed by atoms with van der Waals surface area (Å²) in [7, 11) is 1.56. The van der Waals surface area contributed by atoms with Crippen LogP contribution in [0, 0.1) is 0 Å². The van der Waals surface area contributed by atoms with E-state index in [0.717, 1.165) is 24.6 Å². The lowest BCUT2D eigenvalue weighted by molar-refractivity contribution is -0.136. The maximum Gasteiger partial charge on any atom is 0.418 e. The number of nitrogen functional groups attached to an aromatic ring is 1. The molecule has 0 unspecified atom stereocenters. The summed E-state index contributed by atoms with van der Waals surface area (Å²) in [6.45, 7) is 0.967. The second kappa shape index (κ2) is 5.32. The number of halogens is 3. The number of rotatable bonds is 2. The van der Waals surface area contributed by atoms with E-state index in [9.17, 15) is 18.0 Å². The molecule has 1 heterocycles. The molecule has 1 saturated heterocycles. The Balaban J connectivity index is 2.18. The lowest BCUT2D eigenvalue weighted by atomic mass is 10.1. The number of alkyl halides is 3. The standard InChI is InChI=1S/C13H15F3N2O2/c1-20-9-4-5-18(7-9)12(19)8-2-3-10(11(17)6-8)13(14,15)16/h2-3,6,9H,4-5,7,17H2,1H3/t9-/m1/s1.